The highest BCUT2D eigenvalue weighted by Crippen LogP contribution is 2.21. The summed E-state index contributed by atoms with van der Waals surface area (Å²) in [6.07, 6.45) is 0. The van der Waals surface area contributed by atoms with Crippen molar-refractivity contribution in [2.75, 3.05) is 19.5 Å². The molecule has 104 valence electrons. The maximum atomic E-state index is 13.7. The lowest BCUT2D eigenvalue weighted by Crippen LogP contribution is -2.35. The van der Waals surface area contributed by atoms with Crippen molar-refractivity contribution in [1.82, 2.24) is 5.32 Å². The summed E-state index contributed by atoms with van der Waals surface area (Å²) in [4.78, 5) is 22.4. The van der Waals surface area contributed by atoms with Gasteiger partial charge < -0.3 is 15.4 Å². The number of carbonyl (C=O) groups is 2. The standard InChI is InChI=1S/C12H14F2N2O3/c1-6(11(17)15-2)16-8-5-4-7(12(18)19-3)9(13)10(8)14/h4-6,16H,1-3H3,(H,15,17). The van der Waals surface area contributed by atoms with Gasteiger partial charge in [-0.05, 0) is 19.1 Å². The van der Waals surface area contributed by atoms with Crippen LogP contribution in [0.4, 0.5) is 14.5 Å². The van der Waals surface area contributed by atoms with E-state index in [9.17, 15) is 18.4 Å². The summed E-state index contributed by atoms with van der Waals surface area (Å²) in [6.45, 7) is 1.49. The first-order valence-electron chi connectivity index (χ1n) is 5.46. The Kier molecular flexibility index (Phi) is 4.80. The molecule has 5 nitrogen and oxygen atoms in total. The van der Waals surface area contributed by atoms with Crippen LogP contribution in [0.15, 0.2) is 12.1 Å². The summed E-state index contributed by atoms with van der Waals surface area (Å²) < 4.78 is 31.6. The van der Waals surface area contributed by atoms with E-state index >= 15 is 0 Å². The molecule has 1 aromatic carbocycles. The predicted molar refractivity (Wildman–Crippen MR) is 64.8 cm³/mol. The molecule has 2 N–H and O–H groups in total. The van der Waals surface area contributed by atoms with Gasteiger partial charge in [0.05, 0.1) is 18.4 Å². The lowest BCUT2D eigenvalue weighted by molar-refractivity contribution is -0.121. The molecule has 0 aromatic heterocycles. The molecule has 1 amide bonds. The summed E-state index contributed by atoms with van der Waals surface area (Å²) in [5.74, 6) is -3.90. The number of likely N-dealkylation sites (N-methyl/N-ethyl adjacent to an activating group) is 1. The van der Waals surface area contributed by atoms with E-state index in [-0.39, 0.29) is 11.6 Å². The third-order valence-corrected chi connectivity index (χ3v) is 2.50. The SMILES string of the molecule is CNC(=O)C(C)Nc1ccc(C(=O)OC)c(F)c1F. The monoisotopic (exact) mass is 272 g/mol. The Bertz CT molecular complexity index is 506. The van der Waals surface area contributed by atoms with Crippen molar-refractivity contribution < 1.29 is 23.1 Å². The fourth-order valence-corrected chi connectivity index (χ4v) is 1.44. The van der Waals surface area contributed by atoms with Crippen molar-refractivity contribution in [1.29, 1.82) is 0 Å². The molecule has 0 aliphatic heterocycles. The fraction of sp³-hybridized carbons (Fsp3) is 0.333. The molecular formula is C12H14F2N2O3. The average molecular weight is 272 g/mol. The summed E-state index contributed by atoms with van der Waals surface area (Å²) in [5, 5.41) is 4.87. The van der Waals surface area contributed by atoms with Crippen LogP contribution >= 0.6 is 0 Å². The number of hydrogen-bond acceptors (Lipinski definition) is 4. The number of hydrogen-bond donors (Lipinski definition) is 2. The number of benzene rings is 1. The highest BCUT2D eigenvalue weighted by atomic mass is 19.2. The molecule has 0 aliphatic carbocycles. The molecule has 1 rings (SSSR count). The van der Waals surface area contributed by atoms with Crippen LogP contribution in [0.1, 0.15) is 17.3 Å². The van der Waals surface area contributed by atoms with Crippen LogP contribution in [-0.2, 0) is 9.53 Å². The molecule has 19 heavy (non-hydrogen) atoms. The van der Waals surface area contributed by atoms with Crippen molar-refractivity contribution in [3.63, 3.8) is 0 Å². The molecule has 0 aliphatic rings. The Labute approximate surface area is 108 Å². The van der Waals surface area contributed by atoms with Gasteiger partial charge in [-0.25, -0.2) is 13.6 Å². The van der Waals surface area contributed by atoms with Crippen LogP contribution in [0.25, 0.3) is 0 Å². The number of rotatable bonds is 4. The van der Waals surface area contributed by atoms with Crippen molar-refractivity contribution in [3.05, 3.63) is 29.3 Å². The number of amides is 1. The van der Waals surface area contributed by atoms with Crippen LogP contribution in [0.5, 0.6) is 0 Å². The fourth-order valence-electron chi connectivity index (χ4n) is 1.44. The molecule has 1 aromatic rings. The van der Waals surface area contributed by atoms with Gasteiger partial charge in [-0.2, -0.15) is 0 Å². The number of esters is 1. The van der Waals surface area contributed by atoms with Crippen molar-refractivity contribution >= 4 is 17.6 Å². The Morgan fingerprint density at radius 3 is 2.42 bits per heavy atom. The van der Waals surface area contributed by atoms with Crippen LogP contribution in [-0.4, -0.2) is 32.1 Å². The van der Waals surface area contributed by atoms with E-state index in [0.717, 1.165) is 13.2 Å². The van der Waals surface area contributed by atoms with Gasteiger partial charge in [0.2, 0.25) is 5.91 Å². The molecule has 1 atom stereocenters. The molecular weight excluding hydrogens is 258 g/mol. The topological polar surface area (TPSA) is 67.4 Å². The van der Waals surface area contributed by atoms with E-state index in [1.54, 1.807) is 0 Å². The number of ether oxygens (including phenoxy) is 1. The van der Waals surface area contributed by atoms with Crippen LogP contribution in [0.3, 0.4) is 0 Å². The molecule has 1 unspecified atom stereocenters. The largest absolute Gasteiger partial charge is 0.465 e. The molecule has 0 bridgehead atoms. The smallest absolute Gasteiger partial charge is 0.340 e. The second-order valence-electron chi connectivity index (χ2n) is 3.76. The van der Waals surface area contributed by atoms with Crippen LogP contribution in [0, 0.1) is 11.6 Å². The Hall–Kier alpha value is -2.18. The molecule has 0 saturated heterocycles. The second kappa shape index (κ2) is 6.12. The van der Waals surface area contributed by atoms with E-state index in [4.69, 9.17) is 0 Å². The maximum absolute atomic E-state index is 13.7. The first kappa shape index (κ1) is 14.9. The zero-order chi connectivity index (χ0) is 14.6. The first-order chi connectivity index (χ1) is 8.92. The highest BCUT2D eigenvalue weighted by molar-refractivity contribution is 5.90. The third kappa shape index (κ3) is 3.18. The number of methoxy groups -OCH3 is 1. The third-order valence-electron chi connectivity index (χ3n) is 2.50. The number of nitrogens with one attached hydrogen (secondary N) is 2. The molecule has 0 fully saturated rings. The minimum Gasteiger partial charge on any atom is -0.465 e. The average Bonchev–Trinajstić information content (AvgIpc) is 2.42. The van der Waals surface area contributed by atoms with Gasteiger partial charge in [-0.15, -0.1) is 0 Å². The van der Waals surface area contributed by atoms with E-state index < -0.39 is 29.2 Å². The molecule has 0 saturated carbocycles. The molecule has 0 radical (unpaired) electrons. The maximum Gasteiger partial charge on any atom is 0.340 e. The second-order valence-corrected chi connectivity index (χ2v) is 3.76. The summed E-state index contributed by atoms with van der Waals surface area (Å²) >= 11 is 0. The van der Waals surface area contributed by atoms with E-state index in [2.05, 4.69) is 15.4 Å². The van der Waals surface area contributed by atoms with E-state index in [0.29, 0.717) is 0 Å². The van der Waals surface area contributed by atoms with Crippen LogP contribution in [0.2, 0.25) is 0 Å². The Morgan fingerprint density at radius 1 is 1.26 bits per heavy atom. The quantitative estimate of drug-likeness (QED) is 0.811. The van der Waals surface area contributed by atoms with E-state index in [1.165, 1.54) is 20.0 Å². The van der Waals surface area contributed by atoms with Gasteiger partial charge in [0, 0.05) is 7.05 Å². The van der Waals surface area contributed by atoms with Gasteiger partial charge in [-0.1, -0.05) is 0 Å². The summed E-state index contributed by atoms with van der Waals surface area (Å²) in [6, 6.07) is 1.51. The molecule has 0 spiro atoms. The first-order valence-corrected chi connectivity index (χ1v) is 5.46. The molecule has 7 heteroatoms. The van der Waals surface area contributed by atoms with Gasteiger partial charge in [0.1, 0.15) is 6.04 Å². The number of anilines is 1. The van der Waals surface area contributed by atoms with Gasteiger partial charge in [0.25, 0.3) is 0 Å². The zero-order valence-electron chi connectivity index (χ0n) is 10.7. The number of halogens is 2. The predicted octanol–water partition coefficient (Wildman–Crippen LogP) is 1.30. The van der Waals surface area contributed by atoms with E-state index in [1.807, 2.05) is 0 Å². The van der Waals surface area contributed by atoms with Crippen molar-refractivity contribution in [3.8, 4) is 0 Å². The van der Waals surface area contributed by atoms with Gasteiger partial charge in [0.15, 0.2) is 11.6 Å². The minimum absolute atomic E-state index is 0.207. The number of carbonyl (C=O) groups excluding carboxylic acids is 2. The van der Waals surface area contributed by atoms with Gasteiger partial charge >= 0.3 is 5.97 Å². The lowest BCUT2D eigenvalue weighted by Gasteiger charge is -2.15. The van der Waals surface area contributed by atoms with Crippen molar-refractivity contribution in [2.24, 2.45) is 0 Å². The normalized spacial score (nSPS) is 11.6. The summed E-state index contributed by atoms with van der Waals surface area (Å²) in [5.41, 5.74) is -0.709. The minimum atomic E-state index is -1.32. The Balaban J connectivity index is 3.03. The zero-order valence-corrected chi connectivity index (χ0v) is 10.7. The van der Waals surface area contributed by atoms with Crippen molar-refractivity contribution in [2.45, 2.75) is 13.0 Å². The van der Waals surface area contributed by atoms with Gasteiger partial charge in [-0.3, -0.25) is 4.79 Å². The highest BCUT2D eigenvalue weighted by Gasteiger charge is 2.21. The Morgan fingerprint density at radius 2 is 1.89 bits per heavy atom. The van der Waals surface area contributed by atoms with Crippen LogP contribution < -0.4 is 10.6 Å². The molecule has 0 heterocycles. The summed E-state index contributed by atoms with van der Waals surface area (Å²) in [7, 11) is 2.50. The lowest BCUT2D eigenvalue weighted by atomic mass is 10.1.